The van der Waals surface area contributed by atoms with Crippen molar-refractivity contribution >= 4 is 11.9 Å². The van der Waals surface area contributed by atoms with E-state index in [-0.39, 0.29) is 24.2 Å². The number of aliphatic carboxylic acids is 1. The van der Waals surface area contributed by atoms with Crippen LogP contribution in [0.25, 0.3) is 0 Å². The summed E-state index contributed by atoms with van der Waals surface area (Å²) in [6.07, 6.45) is 0. The van der Waals surface area contributed by atoms with E-state index in [2.05, 4.69) is 0 Å². The third-order valence-electron chi connectivity index (χ3n) is 2.88. The van der Waals surface area contributed by atoms with Crippen LogP contribution >= 0.6 is 0 Å². The molecule has 0 saturated heterocycles. The van der Waals surface area contributed by atoms with Crippen molar-refractivity contribution in [2.75, 3.05) is 13.1 Å². The highest BCUT2D eigenvalue weighted by Gasteiger charge is 2.20. The molecule has 1 amide bonds. The lowest BCUT2D eigenvalue weighted by atomic mass is 10.0. The van der Waals surface area contributed by atoms with Gasteiger partial charge >= 0.3 is 5.97 Å². The predicted molar refractivity (Wildman–Crippen MR) is 74.3 cm³/mol. The number of benzene rings is 1. The van der Waals surface area contributed by atoms with Gasteiger partial charge in [0.2, 0.25) is 0 Å². The number of amides is 1. The lowest BCUT2D eigenvalue weighted by Crippen LogP contribution is -2.38. The average molecular weight is 281 g/mol. The molecule has 0 saturated carbocycles. The maximum Gasteiger partial charge on any atom is 0.323 e. The summed E-state index contributed by atoms with van der Waals surface area (Å²) in [6, 6.07) is 2.92. The van der Waals surface area contributed by atoms with Crippen LogP contribution in [0.2, 0.25) is 0 Å². The molecule has 4 nitrogen and oxygen atoms in total. The molecule has 1 rings (SSSR count). The van der Waals surface area contributed by atoms with Gasteiger partial charge in [-0.1, -0.05) is 13.8 Å². The van der Waals surface area contributed by atoms with Crippen molar-refractivity contribution in [1.82, 2.24) is 4.90 Å². The molecule has 1 N–H and O–H groups in total. The minimum atomic E-state index is -1.06. The Hall–Kier alpha value is -1.91. The standard InChI is InChI=1S/C15H20FNO3/c1-9(2)7-17(8-13(18)19)15(20)12-5-10(3)14(16)11(4)6-12/h5-6,9H,7-8H2,1-4H3,(H,18,19). The lowest BCUT2D eigenvalue weighted by molar-refractivity contribution is -0.137. The number of halogens is 1. The van der Waals surface area contributed by atoms with E-state index in [1.165, 1.54) is 17.0 Å². The van der Waals surface area contributed by atoms with Crippen molar-refractivity contribution in [3.05, 3.63) is 34.6 Å². The first-order valence-electron chi connectivity index (χ1n) is 6.50. The molecule has 20 heavy (non-hydrogen) atoms. The normalized spacial score (nSPS) is 10.7. The smallest absolute Gasteiger partial charge is 0.323 e. The molecule has 0 bridgehead atoms. The fourth-order valence-electron chi connectivity index (χ4n) is 2.08. The summed E-state index contributed by atoms with van der Waals surface area (Å²) in [5, 5.41) is 8.89. The zero-order valence-electron chi connectivity index (χ0n) is 12.2. The van der Waals surface area contributed by atoms with Crippen LogP contribution in [0.1, 0.15) is 35.3 Å². The molecule has 0 radical (unpaired) electrons. The van der Waals surface area contributed by atoms with Gasteiger partial charge < -0.3 is 10.0 Å². The van der Waals surface area contributed by atoms with Crippen LogP contribution < -0.4 is 0 Å². The second kappa shape index (κ2) is 6.50. The maximum absolute atomic E-state index is 13.6. The highest BCUT2D eigenvalue weighted by molar-refractivity contribution is 5.96. The molecule has 0 aromatic heterocycles. The third-order valence-corrected chi connectivity index (χ3v) is 2.88. The van der Waals surface area contributed by atoms with Crippen molar-refractivity contribution in [1.29, 1.82) is 0 Å². The minimum absolute atomic E-state index is 0.154. The topological polar surface area (TPSA) is 57.6 Å². The SMILES string of the molecule is Cc1cc(C(=O)N(CC(=O)O)CC(C)C)cc(C)c1F. The van der Waals surface area contributed by atoms with E-state index in [1.54, 1.807) is 13.8 Å². The molecule has 0 heterocycles. The molecule has 0 atom stereocenters. The van der Waals surface area contributed by atoms with Gasteiger partial charge in [0.1, 0.15) is 12.4 Å². The zero-order valence-corrected chi connectivity index (χ0v) is 12.2. The molecule has 0 aliphatic rings. The van der Waals surface area contributed by atoms with Crippen LogP contribution in [0, 0.1) is 25.6 Å². The number of carboxylic acid groups (broad SMARTS) is 1. The summed E-state index contributed by atoms with van der Waals surface area (Å²) in [5.74, 6) is -1.63. The summed E-state index contributed by atoms with van der Waals surface area (Å²) < 4.78 is 13.6. The zero-order chi connectivity index (χ0) is 15.4. The van der Waals surface area contributed by atoms with Crippen molar-refractivity contribution in [2.24, 2.45) is 5.92 Å². The number of hydrogen-bond acceptors (Lipinski definition) is 2. The fourth-order valence-corrected chi connectivity index (χ4v) is 2.08. The fraction of sp³-hybridized carbons (Fsp3) is 0.467. The van der Waals surface area contributed by atoms with E-state index in [9.17, 15) is 14.0 Å². The molecule has 5 heteroatoms. The van der Waals surface area contributed by atoms with Gasteiger partial charge in [-0.15, -0.1) is 0 Å². The summed E-state index contributed by atoms with van der Waals surface area (Å²) in [7, 11) is 0. The second-order valence-electron chi connectivity index (χ2n) is 5.40. The van der Waals surface area contributed by atoms with Gasteiger partial charge in [-0.05, 0) is 43.0 Å². The summed E-state index contributed by atoms with van der Waals surface area (Å²) >= 11 is 0. The van der Waals surface area contributed by atoms with Crippen molar-refractivity contribution in [3.8, 4) is 0 Å². The molecule has 0 aliphatic heterocycles. The Balaban J connectivity index is 3.08. The van der Waals surface area contributed by atoms with Crippen LogP contribution in [0.5, 0.6) is 0 Å². The van der Waals surface area contributed by atoms with Crippen LogP contribution in [0.4, 0.5) is 4.39 Å². The highest BCUT2D eigenvalue weighted by atomic mass is 19.1. The molecular weight excluding hydrogens is 261 g/mol. The number of carbonyl (C=O) groups is 2. The molecule has 1 aromatic carbocycles. The van der Waals surface area contributed by atoms with Gasteiger partial charge in [0.15, 0.2) is 0 Å². The lowest BCUT2D eigenvalue weighted by Gasteiger charge is -2.23. The summed E-state index contributed by atoms with van der Waals surface area (Å²) in [5.41, 5.74) is 1.09. The van der Waals surface area contributed by atoms with E-state index in [0.717, 1.165) is 0 Å². The van der Waals surface area contributed by atoms with E-state index >= 15 is 0 Å². The van der Waals surface area contributed by atoms with Crippen molar-refractivity contribution in [2.45, 2.75) is 27.7 Å². The summed E-state index contributed by atoms with van der Waals surface area (Å²) in [6.45, 7) is 6.98. The third kappa shape index (κ3) is 4.05. The molecule has 0 spiro atoms. The Labute approximate surface area is 118 Å². The molecule has 0 fully saturated rings. The van der Waals surface area contributed by atoms with E-state index in [1.807, 2.05) is 13.8 Å². The number of carbonyl (C=O) groups excluding carboxylic acids is 1. The van der Waals surface area contributed by atoms with Crippen LogP contribution in [-0.2, 0) is 4.79 Å². The molecule has 0 aliphatic carbocycles. The van der Waals surface area contributed by atoms with E-state index in [0.29, 0.717) is 23.2 Å². The van der Waals surface area contributed by atoms with Crippen molar-refractivity contribution in [3.63, 3.8) is 0 Å². The first kappa shape index (κ1) is 16.1. The van der Waals surface area contributed by atoms with E-state index in [4.69, 9.17) is 5.11 Å². The Kier molecular flexibility index (Phi) is 5.25. The highest BCUT2D eigenvalue weighted by Crippen LogP contribution is 2.17. The number of rotatable bonds is 5. The monoisotopic (exact) mass is 281 g/mol. The van der Waals surface area contributed by atoms with Crippen LogP contribution in [0.15, 0.2) is 12.1 Å². The van der Waals surface area contributed by atoms with Gasteiger partial charge in [0, 0.05) is 12.1 Å². The van der Waals surface area contributed by atoms with Gasteiger partial charge in [-0.3, -0.25) is 9.59 Å². The Bertz CT molecular complexity index is 503. The second-order valence-corrected chi connectivity index (χ2v) is 5.40. The maximum atomic E-state index is 13.6. The van der Waals surface area contributed by atoms with Gasteiger partial charge in [-0.25, -0.2) is 4.39 Å². The Morgan fingerprint density at radius 2 is 1.75 bits per heavy atom. The number of nitrogens with zero attached hydrogens (tertiary/aromatic N) is 1. The summed E-state index contributed by atoms with van der Waals surface area (Å²) in [4.78, 5) is 24.5. The van der Waals surface area contributed by atoms with Crippen LogP contribution in [-0.4, -0.2) is 35.0 Å². The quantitative estimate of drug-likeness (QED) is 0.902. The van der Waals surface area contributed by atoms with Gasteiger partial charge in [-0.2, -0.15) is 0 Å². The van der Waals surface area contributed by atoms with Gasteiger partial charge in [0.25, 0.3) is 5.91 Å². The largest absolute Gasteiger partial charge is 0.480 e. The predicted octanol–water partition coefficient (Wildman–Crippen LogP) is 2.63. The Morgan fingerprint density at radius 3 is 2.15 bits per heavy atom. The first-order chi connectivity index (χ1) is 9.22. The minimum Gasteiger partial charge on any atom is -0.480 e. The number of hydrogen-bond donors (Lipinski definition) is 1. The number of carboxylic acids is 1. The number of aryl methyl sites for hydroxylation is 2. The molecule has 1 aromatic rings. The van der Waals surface area contributed by atoms with E-state index < -0.39 is 5.97 Å². The molecule has 110 valence electrons. The van der Waals surface area contributed by atoms with Crippen molar-refractivity contribution < 1.29 is 19.1 Å². The molecular formula is C15H20FNO3. The van der Waals surface area contributed by atoms with Crippen LogP contribution in [0.3, 0.4) is 0 Å². The average Bonchev–Trinajstić information content (AvgIpc) is 2.32. The first-order valence-corrected chi connectivity index (χ1v) is 6.50. The Morgan fingerprint density at radius 1 is 1.25 bits per heavy atom. The molecule has 0 unspecified atom stereocenters. The van der Waals surface area contributed by atoms with Gasteiger partial charge in [0.05, 0.1) is 0 Å².